The lowest BCUT2D eigenvalue weighted by atomic mass is 9.96. The van der Waals surface area contributed by atoms with Crippen LogP contribution in [0.4, 0.5) is 8.78 Å². The second kappa shape index (κ2) is 11.7. The molecule has 0 saturated heterocycles. The van der Waals surface area contributed by atoms with Crippen LogP contribution in [-0.4, -0.2) is 67.2 Å². The fraction of sp³-hybridized carbons (Fsp3) is 0.242. The Morgan fingerprint density at radius 1 is 1.11 bits per heavy atom. The molecular weight excluding hydrogens is 612 g/mol. The summed E-state index contributed by atoms with van der Waals surface area (Å²) >= 11 is 1.41. The molecule has 1 unspecified atom stereocenters. The first-order valence-electron chi connectivity index (χ1n) is 14.6. The van der Waals surface area contributed by atoms with Crippen molar-refractivity contribution in [2.45, 2.75) is 19.5 Å². The van der Waals surface area contributed by atoms with Crippen molar-refractivity contribution in [1.29, 1.82) is 0 Å². The van der Waals surface area contributed by atoms with Gasteiger partial charge in [-0.2, -0.15) is 10.2 Å². The molecule has 1 aliphatic rings. The Kier molecular flexibility index (Phi) is 7.57. The van der Waals surface area contributed by atoms with Gasteiger partial charge in [0.2, 0.25) is 5.91 Å². The van der Waals surface area contributed by atoms with E-state index in [2.05, 4.69) is 16.7 Å². The number of carbonyl (C=O) groups excluding carboxylic acids is 1. The Morgan fingerprint density at radius 2 is 1.96 bits per heavy atom. The SMILES string of the molecule is C=CC(=O)N1CCn2nc(-c3nc(-c4cnc5cn(C)nc5c4)c4ccsc4c3-c3c(F)cc(F)cc3OCCOC)cc2C1C. The van der Waals surface area contributed by atoms with Crippen molar-refractivity contribution in [1.82, 2.24) is 34.4 Å². The first-order chi connectivity index (χ1) is 22.3. The fourth-order valence-electron chi connectivity index (χ4n) is 5.99. The quantitative estimate of drug-likeness (QED) is 0.145. The maximum atomic E-state index is 16.0. The van der Waals surface area contributed by atoms with Gasteiger partial charge in [0.25, 0.3) is 0 Å². The molecule has 10 nitrogen and oxygen atoms in total. The van der Waals surface area contributed by atoms with E-state index >= 15 is 4.39 Å². The Balaban J connectivity index is 1.50. The summed E-state index contributed by atoms with van der Waals surface area (Å²) < 4.78 is 45.9. The third-order valence-corrected chi connectivity index (χ3v) is 9.06. The summed E-state index contributed by atoms with van der Waals surface area (Å²) in [6, 6.07) is 7.43. The molecule has 7 rings (SSSR count). The molecule has 0 spiro atoms. The van der Waals surface area contributed by atoms with Crippen LogP contribution in [0.5, 0.6) is 5.75 Å². The molecule has 13 heteroatoms. The number of halogens is 2. The molecule has 46 heavy (non-hydrogen) atoms. The van der Waals surface area contributed by atoms with Gasteiger partial charge in [-0.3, -0.25) is 19.1 Å². The van der Waals surface area contributed by atoms with Gasteiger partial charge in [0.05, 0.1) is 42.3 Å². The largest absolute Gasteiger partial charge is 0.490 e. The molecule has 0 N–H and O–H groups in total. The van der Waals surface area contributed by atoms with Gasteiger partial charge in [-0.25, -0.2) is 13.8 Å². The zero-order valence-electron chi connectivity index (χ0n) is 25.3. The van der Waals surface area contributed by atoms with Gasteiger partial charge in [-0.1, -0.05) is 6.58 Å². The number of rotatable bonds is 8. The minimum absolute atomic E-state index is 0.0247. The van der Waals surface area contributed by atoms with Gasteiger partial charge in [-0.05, 0) is 36.6 Å². The third kappa shape index (κ3) is 5.01. The molecule has 1 aromatic carbocycles. The summed E-state index contributed by atoms with van der Waals surface area (Å²) in [5.41, 5.74) is 4.92. The minimum Gasteiger partial charge on any atom is -0.490 e. The highest BCUT2D eigenvalue weighted by molar-refractivity contribution is 7.18. The number of benzene rings is 1. The van der Waals surface area contributed by atoms with Crippen molar-refractivity contribution < 1.29 is 23.0 Å². The number of carbonyl (C=O) groups is 1. The van der Waals surface area contributed by atoms with Crippen molar-refractivity contribution >= 4 is 38.4 Å². The summed E-state index contributed by atoms with van der Waals surface area (Å²) in [6.07, 6.45) is 4.87. The molecule has 0 radical (unpaired) electrons. The first kappa shape index (κ1) is 29.7. The zero-order chi connectivity index (χ0) is 32.1. The van der Waals surface area contributed by atoms with E-state index in [1.807, 2.05) is 48.4 Å². The van der Waals surface area contributed by atoms with E-state index in [4.69, 9.17) is 19.6 Å². The number of methoxy groups -OCH3 is 1. The molecule has 0 fully saturated rings. The molecule has 0 aliphatic carbocycles. The van der Waals surface area contributed by atoms with E-state index in [-0.39, 0.29) is 36.5 Å². The number of fused-ring (bicyclic) bond motifs is 3. The van der Waals surface area contributed by atoms with Crippen LogP contribution in [0.25, 0.3) is 54.9 Å². The van der Waals surface area contributed by atoms with Crippen LogP contribution in [0.2, 0.25) is 0 Å². The molecule has 1 aliphatic heterocycles. The van der Waals surface area contributed by atoms with Crippen molar-refractivity contribution in [2.75, 3.05) is 26.9 Å². The van der Waals surface area contributed by atoms with E-state index < -0.39 is 11.6 Å². The molecular formula is C33H29F2N7O3S. The Bertz CT molecular complexity index is 2150. The first-order valence-corrected chi connectivity index (χ1v) is 15.5. The molecule has 6 aromatic rings. The van der Waals surface area contributed by atoms with Crippen molar-refractivity contribution in [3.63, 3.8) is 0 Å². The summed E-state index contributed by atoms with van der Waals surface area (Å²) in [6.45, 7) is 6.79. The highest BCUT2D eigenvalue weighted by Gasteiger charge is 2.31. The van der Waals surface area contributed by atoms with Gasteiger partial charge in [0, 0.05) is 60.2 Å². The average molecular weight is 642 g/mol. The highest BCUT2D eigenvalue weighted by atomic mass is 32.1. The Hall–Kier alpha value is -5.01. The molecule has 234 valence electrons. The summed E-state index contributed by atoms with van der Waals surface area (Å²) in [5, 5.41) is 12.1. The van der Waals surface area contributed by atoms with E-state index in [0.29, 0.717) is 46.0 Å². The van der Waals surface area contributed by atoms with Crippen LogP contribution < -0.4 is 4.74 Å². The number of amides is 1. The number of aromatic nitrogens is 6. The van der Waals surface area contributed by atoms with Crippen LogP contribution in [0.15, 0.2) is 60.8 Å². The topological polar surface area (TPSA) is 100 Å². The number of nitrogens with zero attached hydrogens (tertiary/aromatic N) is 7. The van der Waals surface area contributed by atoms with Crippen LogP contribution in [-0.2, 0) is 23.1 Å². The monoisotopic (exact) mass is 641 g/mol. The maximum Gasteiger partial charge on any atom is 0.246 e. The van der Waals surface area contributed by atoms with E-state index in [1.165, 1.54) is 30.6 Å². The Labute approximate surface area is 266 Å². The molecule has 0 bridgehead atoms. The lowest BCUT2D eigenvalue weighted by Crippen LogP contribution is -2.40. The maximum absolute atomic E-state index is 16.0. The number of hydrogen-bond donors (Lipinski definition) is 0. The average Bonchev–Trinajstić information content (AvgIpc) is 3.78. The number of aryl methyl sites for hydroxylation is 1. The minimum atomic E-state index is -0.797. The van der Waals surface area contributed by atoms with Gasteiger partial charge in [0.1, 0.15) is 46.4 Å². The lowest BCUT2D eigenvalue weighted by molar-refractivity contribution is -0.129. The second-order valence-electron chi connectivity index (χ2n) is 11.0. The van der Waals surface area contributed by atoms with Crippen LogP contribution in [0, 0.1) is 11.6 Å². The number of ether oxygens (including phenoxy) is 2. The van der Waals surface area contributed by atoms with E-state index in [9.17, 15) is 9.18 Å². The number of hydrogen-bond acceptors (Lipinski definition) is 8. The summed E-state index contributed by atoms with van der Waals surface area (Å²) in [4.78, 5) is 24.1. The van der Waals surface area contributed by atoms with Crippen LogP contribution in [0.3, 0.4) is 0 Å². The smallest absolute Gasteiger partial charge is 0.246 e. The van der Waals surface area contributed by atoms with Crippen molar-refractivity contribution in [3.8, 4) is 39.5 Å². The fourth-order valence-corrected chi connectivity index (χ4v) is 6.94. The van der Waals surface area contributed by atoms with Gasteiger partial charge < -0.3 is 14.4 Å². The van der Waals surface area contributed by atoms with Crippen LogP contribution >= 0.6 is 11.3 Å². The second-order valence-corrected chi connectivity index (χ2v) is 11.9. The molecule has 0 saturated carbocycles. The third-order valence-electron chi connectivity index (χ3n) is 8.13. The number of pyridine rings is 2. The van der Waals surface area contributed by atoms with E-state index in [1.54, 1.807) is 15.8 Å². The van der Waals surface area contributed by atoms with Crippen molar-refractivity contribution in [3.05, 3.63) is 78.1 Å². The molecule has 1 atom stereocenters. The molecule has 1 amide bonds. The van der Waals surface area contributed by atoms with E-state index in [0.717, 1.165) is 28.2 Å². The molecule has 5 aromatic heterocycles. The Morgan fingerprint density at radius 3 is 2.76 bits per heavy atom. The predicted octanol–water partition coefficient (Wildman–Crippen LogP) is 6.17. The zero-order valence-corrected chi connectivity index (χ0v) is 26.1. The summed E-state index contributed by atoms with van der Waals surface area (Å²) in [7, 11) is 3.35. The molecule has 6 heterocycles. The van der Waals surface area contributed by atoms with Crippen molar-refractivity contribution in [2.24, 2.45) is 7.05 Å². The highest BCUT2D eigenvalue weighted by Crippen LogP contribution is 2.47. The predicted molar refractivity (Wildman–Crippen MR) is 171 cm³/mol. The summed E-state index contributed by atoms with van der Waals surface area (Å²) in [5.74, 6) is -1.72. The number of thiophene rings is 1. The standard InChI is InChI=1S/C33H29F2N7O3S/c1-5-28(43)41-7-8-42-26(18(41)2)15-24(39-42)32-30(29-22(35)13-20(34)14-27(29)45-10-9-44-4)33-21(6-11-46-33)31(37-32)19-12-23-25(36-16-19)17-40(3)38-23/h5-6,11-18H,1,7-10H2,2-4H3. The normalized spacial score (nSPS) is 14.6. The lowest BCUT2D eigenvalue weighted by Gasteiger charge is -2.33. The van der Waals surface area contributed by atoms with Crippen LogP contribution in [0.1, 0.15) is 18.7 Å². The van der Waals surface area contributed by atoms with Gasteiger partial charge >= 0.3 is 0 Å². The van der Waals surface area contributed by atoms with Gasteiger partial charge in [0.15, 0.2) is 0 Å². The van der Waals surface area contributed by atoms with Gasteiger partial charge in [-0.15, -0.1) is 11.3 Å².